The number of carbonyl (C=O) groups excluding carboxylic acids is 1. The van der Waals surface area contributed by atoms with Gasteiger partial charge in [0.05, 0.1) is 16.8 Å². The standard InChI is InChI=1S/C56H56N2O.C20H26.C16H9Br3N2O.C12H6/c1-14-47-18-15-16-21-50(47)51(40-59)57-58-52-48(24-22-41-34-43(26-30-53(2,3)4)38-44(35-41)27-31-54(5,6)7)19-17-20-49(52)25-23-42-36-45(28-32-55(8,9)10)39-46(37-42)29-33-56(11,12)13;1-8-16-13-17(9-11-19(2,3)4)15-18(14-16)10-12-20(5,6)7;17-10-7-12(18)16(13(19)8-10)21-20-15-11-4-2-1-3-9(11)5-6-14(15)22;1-4-10-7-11(5-2)9-12(6-3)8-10/h14-21,26,30,34-40,58H,1H2,2-13H3;8,13,15,18H,1,14H2,2-7H3;1-8,22H;1-3,7-9H. The molecule has 1 aliphatic carbocycles. The highest BCUT2D eigenvalue weighted by Crippen LogP contribution is 2.41. The molecule has 2 N–H and O–H groups in total. The maximum atomic E-state index is 12.5. The third-order valence-electron chi connectivity index (χ3n) is 15.2. The number of anilines is 1. The van der Waals surface area contributed by atoms with E-state index in [0.29, 0.717) is 33.8 Å². The number of aromatic hydroxyl groups is 1. The van der Waals surface area contributed by atoms with E-state index in [9.17, 15) is 9.90 Å². The van der Waals surface area contributed by atoms with Gasteiger partial charge in [0.1, 0.15) is 22.8 Å². The Morgan fingerprint density at radius 3 is 1.43 bits per heavy atom. The van der Waals surface area contributed by atoms with Crippen molar-refractivity contribution < 1.29 is 9.90 Å². The number of rotatable bonds is 9. The van der Waals surface area contributed by atoms with Gasteiger partial charge in [0.25, 0.3) is 0 Å². The molecule has 8 aromatic rings. The summed E-state index contributed by atoms with van der Waals surface area (Å²) in [7, 11) is 0. The fourth-order valence-electron chi connectivity index (χ4n) is 9.87. The number of phenols is 1. The Balaban J connectivity index is 0.000000294. The van der Waals surface area contributed by atoms with E-state index in [1.165, 1.54) is 5.57 Å². The van der Waals surface area contributed by atoms with Gasteiger partial charge in [-0.15, -0.1) is 29.5 Å². The normalized spacial score (nSPS) is 12.4. The SMILES string of the molecule is C#Cc1cc(C#C)cc(C#C)c1.C=CC1=CC(C#CC(C)(C)C)=CC(C#CC(C)(C)C)C1.C=Cc1ccccc1C(C=O)=NNc1c(C#Cc2cc(C#CC(C)(C)C)cc(C#CC(C)(C)C)c2)cccc1C#Cc1cc(C#CC(C)(C)C)cc(C=CC(C)(C)C)c1.Oc1ccc2ccccc2c1N=Nc1c(Br)cc(Br)cc1Br. The van der Waals surface area contributed by atoms with Crippen LogP contribution in [0.5, 0.6) is 5.75 Å². The number of allylic oxidation sites excluding steroid dienone is 6. The Morgan fingerprint density at radius 2 is 0.956 bits per heavy atom. The average Bonchev–Trinajstić information content (AvgIpc) is 0.779. The Hall–Kier alpha value is -11.7. The molecule has 0 fully saturated rings. The van der Waals surface area contributed by atoms with Crippen molar-refractivity contribution in [3.05, 3.63) is 280 Å². The summed E-state index contributed by atoms with van der Waals surface area (Å²) in [6.07, 6.45) is 29.5. The monoisotopic (exact) mass is 1670 g/mol. The summed E-state index contributed by atoms with van der Waals surface area (Å²) in [6, 6.07) is 45.7. The van der Waals surface area contributed by atoms with E-state index in [2.05, 4.69) is 343 Å². The molecule has 0 aliphatic heterocycles. The molecule has 1 unspecified atom stereocenters. The van der Waals surface area contributed by atoms with Crippen LogP contribution in [0, 0.1) is 158 Å². The first-order valence-corrected chi connectivity index (χ1v) is 39.1. The summed E-state index contributed by atoms with van der Waals surface area (Å²) in [5.74, 6) is 54.6. The smallest absolute Gasteiger partial charge is 0.170 e. The largest absolute Gasteiger partial charge is 0.506 e. The fourth-order valence-corrected chi connectivity index (χ4v) is 12.3. The Bertz CT molecular complexity index is 5560. The van der Waals surface area contributed by atoms with Crippen LogP contribution in [0.3, 0.4) is 0 Å². The quantitative estimate of drug-likeness (QED) is 0.0496. The first kappa shape index (κ1) is 90.2. The molecule has 6 nitrogen and oxygen atoms in total. The molecule has 0 radical (unpaired) electrons. The molecular weight excluding hydrogens is 1580 g/mol. The number of nitrogens with zero attached hydrogens (tertiary/aromatic N) is 3. The van der Waals surface area contributed by atoms with Crippen LogP contribution in [0.15, 0.2) is 223 Å². The number of hydrazone groups is 1. The number of hydrogen-bond donors (Lipinski definition) is 2. The topological polar surface area (TPSA) is 86.4 Å². The summed E-state index contributed by atoms with van der Waals surface area (Å²) in [5, 5.41) is 25.1. The first-order chi connectivity index (χ1) is 53.0. The van der Waals surface area contributed by atoms with Crippen LogP contribution in [0.25, 0.3) is 22.9 Å². The molecule has 0 spiro atoms. The Kier molecular flexibility index (Phi) is 32.7. The van der Waals surface area contributed by atoms with Gasteiger partial charge < -0.3 is 5.11 Å². The number of fused-ring (bicyclic) bond motifs is 1. The van der Waals surface area contributed by atoms with Crippen LogP contribution in [0.4, 0.5) is 17.1 Å². The van der Waals surface area contributed by atoms with Gasteiger partial charge in [0, 0.05) is 107 Å². The predicted octanol–water partition coefficient (Wildman–Crippen LogP) is 26.4. The van der Waals surface area contributed by atoms with Crippen molar-refractivity contribution in [2.75, 3.05) is 5.43 Å². The zero-order chi connectivity index (χ0) is 83.5. The molecule has 0 heterocycles. The maximum absolute atomic E-state index is 12.5. The van der Waals surface area contributed by atoms with Crippen molar-refractivity contribution in [1.82, 2.24) is 0 Å². The van der Waals surface area contributed by atoms with Crippen LogP contribution in [-0.2, 0) is 4.79 Å². The van der Waals surface area contributed by atoms with Gasteiger partial charge >= 0.3 is 0 Å². The number of hydrogen-bond acceptors (Lipinski definition) is 6. The average molecular weight is 1670 g/mol. The zero-order valence-corrected chi connectivity index (χ0v) is 72.9. The lowest BCUT2D eigenvalue weighted by molar-refractivity contribution is -0.102. The second-order valence-corrected chi connectivity index (χ2v) is 35.4. The number of nitrogens with one attached hydrogen (secondary N) is 1. The lowest BCUT2D eigenvalue weighted by Crippen LogP contribution is -2.08. The van der Waals surface area contributed by atoms with Crippen molar-refractivity contribution in [2.45, 2.75) is 131 Å². The van der Waals surface area contributed by atoms with Gasteiger partial charge in [-0.05, 0) is 261 Å². The van der Waals surface area contributed by atoms with Gasteiger partial charge in [0.15, 0.2) is 6.29 Å². The first-order valence-electron chi connectivity index (χ1n) is 36.7. The Labute approximate surface area is 700 Å². The van der Waals surface area contributed by atoms with Crippen LogP contribution >= 0.6 is 47.8 Å². The van der Waals surface area contributed by atoms with Gasteiger partial charge in [-0.3, -0.25) is 10.2 Å². The molecule has 9 rings (SSSR count). The Morgan fingerprint density at radius 1 is 0.504 bits per heavy atom. The zero-order valence-electron chi connectivity index (χ0n) is 68.2. The number of terminal acetylenes is 3. The van der Waals surface area contributed by atoms with Gasteiger partial charge in [-0.1, -0.05) is 242 Å². The second-order valence-electron chi connectivity index (χ2n) is 32.8. The predicted molar refractivity (Wildman–Crippen MR) is 490 cm³/mol. The third kappa shape index (κ3) is 32.3. The molecule has 0 aromatic heterocycles. The van der Waals surface area contributed by atoms with Gasteiger partial charge in [-0.2, -0.15) is 5.10 Å². The molecule has 0 bridgehead atoms. The number of carbonyl (C=O) groups is 1. The lowest BCUT2D eigenvalue weighted by atomic mass is 9.88. The highest BCUT2D eigenvalue weighted by molar-refractivity contribution is 9.11. The number of halogens is 3. The van der Waals surface area contributed by atoms with Crippen molar-refractivity contribution in [3.63, 3.8) is 0 Å². The summed E-state index contributed by atoms with van der Waals surface area (Å²) in [5.41, 5.74) is 17.1. The second kappa shape index (κ2) is 41.0. The van der Waals surface area contributed by atoms with Crippen molar-refractivity contribution in [2.24, 2.45) is 53.7 Å². The molecular formula is C104H97Br3N4O2. The number of benzene rings is 8. The summed E-state index contributed by atoms with van der Waals surface area (Å²) < 4.78 is 2.53. The summed E-state index contributed by atoms with van der Waals surface area (Å²) >= 11 is 10.3. The highest BCUT2D eigenvalue weighted by Gasteiger charge is 2.17. The summed E-state index contributed by atoms with van der Waals surface area (Å²) in [6.45, 7) is 45.9. The molecule has 1 aliphatic rings. The van der Waals surface area contributed by atoms with Crippen molar-refractivity contribution >= 4 is 99.8 Å². The third-order valence-corrected chi connectivity index (χ3v) is 16.9. The van der Waals surface area contributed by atoms with E-state index in [-0.39, 0.29) is 49.9 Å². The molecule has 113 heavy (non-hydrogen) atoms. The molecule has 8 aromatic carbocycles. The minimum absolute atomic E-state index is 0.0105. The van der Waals surface area contributed by atoms with E-state index in [0.717, 1.165) is 98.1 Å². The molecule has 1 atom stereocenters. The van der Waals surface area contributed by atoms with E-state index in [4.69, 9.17) is 19.3 Å². The molecule has 566 valence electrons. The van der Waals surface area contributed by atoms with E-state index in [1.807, 2.05) is 115 Å². The number of phenolic OH excluding ortho intramolecular Hbond substituents is 1. The number of azo groups is 1. The molecule has 0 saturated heterocycles. The number of para-hydroxylation sites is 1. The minimum Gasteiger partial charge on any atom is -0.506 e. The maximum Gasteiger partial charge on any atom is 0.170 e. The van der Waals surface area contributed by atoms with Crippen LogP contribution in [0.2, 0.25) is 0 Å². The van der Waals surface area contributed by atoms with Crippen LogP contribution in [-0.4, -0.2) is 17.1 Å². The van der Waals surface area contributed by atoms with Gasteiger partial charge in [0.2, 0.25) is 0 Å². The van der Waals surface area contributed by atoms with Crippen LogP contribution in [0.1, 0.15) is 203 Å². The van der Waals surface area contributed by atoms with E-state index in [1.54, 1.807) is 30.3 Å². The van der Waals surface area contributed by atoms with E-state index < -0.39 is 0 Å². The minimum atomic E-state index is -0.167. The molecule has 9 heteroatoms. The number of aldehydes is 1. The highest BCUT2D eigenvalue weighted by atomic mass is 79.9. The molecule has 0 amide bonds. The fraction of sp³-hybridized carbons (Fsp3) is 0.250. The molecule has 0 saturated carbocycles. The van der Waals surface area contributed by atoms with E-state index >= 15 is 0 Å². The van der Waals surface area contributed by atoms with Crippen molar-refractivity contribution in [3.8, 4) is 126 Å². The van der Waals surface area contributed by atoms with Crippen LogP contribution < -0.4 is 5.43 Å². The lowest BCUT2D eigenvalue weighted by Gasteiger charge is -2.15. The van der Waals surface area contributed by atoms with Gasteiger partial charge in [-0.25, -0.2) is 0 Å². The summed E-state index contributed by atoms with van der Waals surface area (Å²) in [4.78, 5) is 12.5. The van der Waals surface area contributed by atoms with Crippen molar-refractivity contribution in [1.29, 1.82) is 0 Å².